The van der Waals surface area contributed by atoms with Crippen molar-refractivity contribution in [2.75, 3.05) is 6.61 Å². The molecule has 0 radical (unpaired) electrons. The summed E-state index contributed by atoms with van der Waals surface area (Å²) in [5.41, 5.74) is 1.73. The molecule has 2 aliphatic rings. The van der Waals surface area contributed by atoms with Crippen LogP contribution in [0.15, 0.2) is 60.7 Å². The molecule has 2 aromatic carbocycles. The van der Waals surface area contributed by atoms with Gasteiger partial charge in [-0.2, -0.15) is 0 Å². The summed E-state index contributed by atoms with van der Waals surface area (Å²) in [6.45, 7) is 3.22. The number of aliphatic carboxylic acids is 1. The molecule has 182 valence electrons. The van der Waals surface area contributed by atoms with E-state index < -0.39 is 49.0 Å². The lowest BCUT2D eigenvalue weighted by Gasteiger charge is -2.49. The van der Waals surface area contributed by atoms with E-state index in [1.807, 2.05) is 60.7 Å². The molecule has 0 bridgehead atoms. The molecule has 2 fully saturated rings. The standard InChI is InChI=1S/C25H29NO8/c1-15(23(28)29)32-22-20(26-16(2)27)25(30-13-17-9-5-3-6-10-17)33-19-14-31-24(34-21(19)22)18-11-7-4-8-12-18/h3-12,15,19-22,24-25H,13-14H2,1-2H3,(H,26,27)(H,28,29)/t15-,19+,20+,21+,22+,24-,25+/m0/s1. The molecule has 4 rings (SSSR count). The quantitative estimate of drug-likeness (QED) is 0.604. The van der Waals surface area contributed by atoms with Crippen LogP contribution in [0.25, 0.3) is 0 Å². The highest BCUT2D eigenvalue weighted by Gasteiger charge is 2.52. The van der Waals surface area contributed by atoms with Crippen LogP contribution in [0.3, 0.4) is 0 Å². The molecule has 0 aliphatic carbocycles. The maximum atomic E-state index is 12.1. The Morgan fingerprint density at radius 1 is 1.09 bits per heavy atom. The highest BCUT2D eigenvalue weighted by Crippen LogP contribution is 2.36. The Bertz CT molecular complexity index is 956. The maximum Gasteiger partial charge on any atom is 0.332 e. The molecule has 2 heterocycles. The summed E-state index contributed by atoms with van der Waals surface area (Å²) in [5, 5.41) is 12.3. The summed E-state index contributed by atoms with van der Waals surface area (Å²) in [6.07, 6.45) is -4.87. The second-order valence-electron chi connectivity index (χ2n) is 8.32. The molecule has 9 heteroatoms. The Morgan fingerprint density at radius 2 is 1.76 bits per heavy atom. The molecule has 2 aromatic rings. The van der Waals surface area contributed by atoms with E-state index in [0.717, 1.165) is 11.1 Å². The Balaban J connectivity index is 1.59. The van der Waals surface area contributed by atoms with Crippen LogP contribution in [0.4, 0.5) is 0 Å². The fourth-order valence-electron chi connectivity index (χ4n) is 4.09. The van der Waals surface area contributed by atoms with Crippen LogP contribution in [0.5, 0.6) is 0 Å². The summed E-state index contributed by atoms with van der Waals surface area (Å²) in [4.78, 5) is 23.7. The van der Waals surface area contributed by atoms with Crippen molar-refractivity contribution in [1.29, 1.82) is 0 Å². The van der Waals surface area contributed by atoms with Gasteiger partial charge in [-0.1, -0.05) is 60.7 Å². The minimum absolute atomic E-state index is 0.184. The molecule has 2 N–H and O–H groups in total. The number of carboxylic acid groups (broad SMARTS) is 1. The smallest absolute Gasteiger partial charge is 0.332 e. The SMILES string of the molecule is CC(=O)N[C@H]1[C@H](OCc2ccccc2)O[C@@H]2CO[C@H](c3ccccc3)O[C@H]2[C@@H]1O[C@@H](C)C(=O)O. The fourth-order valence-corrected chi connectivity index (χ4v) is 4.09. The zero-order valence-electron chi connectivity index (χ0n) is 19.0. The van der Waals surface area contributed by atoms with E-state index in [-0.39, 0.29) is 19.1 Å². The Hall–Kier alpha value is -2.82. The number of ether oxygens (including phenoxy) is 5. The summed E-state index contributed by atoms with van der Waals surface area (Å²) >= 11 is 0. The van der Waals surface area contributed by atoms with Crippen LogP contribution in [0, 0.1) is 0 Å². The molecule has 9 nitrogen and oxygen atoms in total. The second-order valence-corrected chi connectivity index (χ2v) is 8.32. The van der Waals surface area contributed by atoms with Gasteiger partial charge in [0.05, 0.1) is 13.2 Å². The third kappa shape index (κ3) is 5.81. The van der Waals surface area contributed by atoms with E-state index in [2.05, 4.69) is 5.32 Å². The first-order valence-electron chi connectivity index (χ1n) is 11.2. The first kappa shape index (κ1) is 24.3. The summed E-state index contributed by atoms with van der Waals surface area (Å²) in [6, 6.07) is 18.1. The zero-order valence-corrected chi connectivity index (χ0v) is 19.0. The van der Waals surface area contributed by atoms with Gasteiger partial charge in [0.25, 0.3) is 0 Å². The third-order valence-electron chi connectivity index (χ3n) is 5.75. The van der Waals surface area contributed by atoms with Crippen molar-refractivity contribution in [2.45, 2.75) is 63.5 Å². The lowest BCUT2D eigenvalue weighted by molar-refractivity contribution is -0.351. The zero-order chi connectivity index (χ0) is 24.1. The first-order valence-corrected chi connectivity index (χ1v) is 11.2. The molecule has 7 atom stereocenters. The van der Waals surface area contributed by atoms with Gasteiger partial charge >= 0.3 is 5.97 Å². The van der Waals surface area contributed by atoms with E-state index in [1.165, 1.54) is 13.8 Å². The average molecular weight is 472 g/mol. The molecule has 0 aromatic heterocycles. The molecule has 0 saturated carbocycles. The average Bonchev–Trinajstić information content (AvgIpc) is 2.84. The molecule has 34 heavy (non-hydrogen) atoms. The van der Waals surface area contributed by atoms with Crippen molar-refractivity contribution in [1.82, 2.24) is 5.32 Å². The van der Waals surface area contributed by atoms with Crippen molar-refractivity contribution < 1.29 is 38.4 Å². The van der Waals surface area contributed by atoms with Gasteiger partial charge in [0.15, 0.2) is 18.7 Å². The summed E-state index contributed by atoms with van der Waals surface area (Å²) < 4.78 is 30.3. The number of nitrogens with one attached hydrogen (secondary N) is 1. The molecule has 2 saturated heterocycles. The van der Waals surface area contributed by atoms with Gasteiger partial charge in [-0.3, -0.25) is 4.79 Å². The van der Waals surface area contributed by atoms with Gasteiger partial charge in [-0.25, -0.2) is 4.79 Å². The molecule has 0 unspecified atom stereocenters. The molecule has 0 spiro atoms. The lowest BCUT2D eigenvalue weighted by atomic mass is 9.95. The van der Waals surface area contributed by atoms with E-state index in [4.69, 9.17) is 23.7 Å². The van der Waals surface area contributed by atoms with E-state index in [0.29, 0.717) is 0 Å². The lowest BCUT2D eigenvalue weighted by Crippen LogP contribution is -2.67. The van der Waals surface area contributed by atoms with Gasteiger partial charge in [-0.15, -0.1) is 0 Å². The first-order chi connectivity index (χ1) is 16.4. The topological polar surface area (TPSA) is 113 Å². The van der Waals surface area contributed by atoms with Gasteiger partial charge in [0.2, 0.25) is 5.91 Å². The number of benzene rings is 2. The number of hydrogen-bond acceptors (Lipinski definition) is 7. The van der Waals surface area contributed by atoms with Crippen LogP contribution < -0.4 is 5.32 Å². The minimum atomic E-state index is -1.14. The van der Waals surface area contributed by atoms with E-state index >= 15 is 0 Å². The summed E-state index contributed by atoms with van der Waals surface area (Å²) in [5.74, 6) is -1.46. The van der Waals surface area contributed by atoms with Crippen LogP contribution in [0.1, 0.15) is 31.3 Å². The normalized spacial score (nSPS) is 29.6. The maximum absolute atomic E-state index is 12.1. The van der Waals surface area contributed by atoms with Crippen LogP contribution in [0.2, 0.25) is 0 Å². The van der Waals surface area contributed by atoms with Crippen molar-refractivity contribution in [2.24, 2.45) is 0 Å². The van der Waals surface area contributed by atoms with Crippen LogP contribution >= 0.6 is 0 Å². The third-order valence-corrected chi connectivity index (χ3v) is 5.75. The van der Waals surface area contributed by atoms with E-state index in [1.54, 1.807) is 0 Å². The number of amides is 1. The predicted octanol–water partition coefficient (Wildman–Crippen LogP) is 2.41. The predicted molar refractivity (Wildman–Crippen MR) is 119 cm³/mol. The monoisotopic (exact) mass is 471 g/mol. The van der Waals surface area contributed by atoms with Crippen LogP contribution in [-0.2, 0) is 39.9 Å². The minimum Gasteiger partial charge on any atom is -0.479 e. The summed E-state index contributed by atoms with van der Waals surface area (Å²) in [7, 11) is 0. The molecule has 2 aliphatic heterocycles. The Labute approximate surface area is 197 Å². The highest BCUT2D eigenvalue weighted by molar-refractivity contribution is 5.73. The fraction of sp³-hybridized carbons (Fsp3) is 0.440. The second kappa shape index (κ2) is 11.1. The molecular formula is C25H29NO8. The van der Waals surface area contributed by atoms with Gasteiger partial charge in [0, 0.05) is 12.5 Å². The Kier molecular flexibility index (Phi) is 7.91. The van der Waals surface area contributed by atoms with Crippen LogP contribution in [-0.4, -0.2) is 60.3 Å². The number of carbonyl (C=O) groups is 2. The van der Waals surface area contributed by atoms with E-state index in [9.17, 15) is 14.7 Å². The Morgan fingerprint density at radius 3 is 2.41 bits per heavy atom. The van der Waals surface area contributed by atoms with Crippen molar-refractivity contribution in [3.63, 3.8) is 0 Å². The largest absolute Gasteiger partial charge is 0.479 e. The van der Waals surface area contributed by atoms with Crippen molar-refractivity contribution in [3.05, 3.63) is 71.8 Å². The number of carboxylic acids is 1. The van der Waals surface area contributed by atoms with Gasteiger partial charge in [-0.05, 0) is 12.5 Å². The number of carbonyl (C=O) groups excluding carboxylic acids is 1. The van der Waals surface area contributed by atoms with Crippen molar-refractivity contribution in [3.8, 4) is 0 Å². The number of fused-ring (bicyclic) bond motifs is 1. The number of rotatable bonds is 8. The molecule has 1 amide bonds. The molecular weight excluding hydrogens is 442 g/mol. The number of hydrogen-bond donors (Lipinski definition) is 2. The highest BCUT2D eigenvalue weighted by atomic mass is 16.8. The van der Waals surface area contributed by atoms with Crippen molar-refractivity contribution >= 4 is 11.9 Å². The van der Waals surface area contributed by atoms with Gasteiger partial charge in [0.1, 0.15) is 24.4 Å². The van der Waals surface area contributed by atoms with Gasteiger partial charge < -0.3 is 34.1 Å².